The number of allylic oxidation sites excluding steroid dienone is 1. The Morgan fingerprint density at radius 2 is 1.00 bits per heavy atom. The standard InChI is InChI=1S/C17H30O2.C15H28O4/c1-3-5-9-15-11-7-13-17(18-15)14-8-12-16(19-17)10-6-4-2;16-11-3-7-13-5-1-9-15(18-13)10-2-6-14(19-15)8-4-12-17/h3,15-16H,1,4-14H2,2H3;13-14,16-17H,1-12H2/t15-,16-,17+;13-,14-,15?/m10/s1. The Balaban J connectivity index is 0.000000211. The molecular weight excluding hydrogens is 480 g/mol. The summed E-state index contributed by atoms with van der Waals surface area (Å²) in [7, 11) is 0. The van der Waals surface area contributed by atoms with Crippen molar-refractivity contribution in [3.05, 3.63) is 12.7 Å². The van der Waals surface area contributed by atoms with Gasteiger partial charge in [0.05, 0.1) is 24.4 Å². The predicted molar refractivity (Wildman–Crippen MR) is 152 cm³/mol. The van der Waals surface area contributed by atoms with E-state index in [2.05, 4.69) is 13.5 Å². The van der Waals surface area contributed by atoms with Gasteiger partial charge in [0.15, 0.2) is 11.6 Å². The zero-order valence-corrected chi connectivity index (χ0v) is 24.4. The molecule has 2 spiro atoms. The van der Waals surface area contributed by atoms with E-state index < -0.39 is 0 Å². The van der Waals surface area contributed by atoms with Gasteiger partial charge in [-0.3, -0.25) is 0 Å². The van der Waals surface area contributed by atoms with Crippen LogP contribution in [0.25, 0.3) is 0 Å². The second-order valence-electron chi connectivity index (χ2n) is 12.1. The zero-order chi connectivity index (χ0) is 27.1. The maximum absolute atomic E-state index is 8.93. The summed E-state index contributed by atoms with van der Waals surface area (Å²) < 4.78 is 25.2. The van der Waals surface area contributed by atoms with E-state index in [9.17, 15) is 0 Å². The molecule has 0 aromatic heterocycles. The van der Waals surface area contributed by atoms with E-state index in [-0.39, 0.29) is 37.0 Å². The van der Waals surface area contributed by atoms with Crippen molar-refractivity contribution in [1.82, 2.24) is 0 Å². The summed E-state index contributed by atoms with van der Waals surface area (Å²) in [5.41, 5.74) is 0. The molecule has 222 valence electrons. The van der Waals surface area contributed by atoms with E-state index in [4.69, 9.17) is 29.2 Å². The molecule has 4 fully saturated rings. The summed E-state index contributed by atoms with van der Waals surface area (Å²) in [4.78, 5) is 0. The molecule has 4 saturated heterocycles. The highest BCUT2D eigenvalue weighted by molar-refractivity contribution is 4.86. The molecule has 0 aromatic rings. The van der Waals surface area contributed by atoms with Crippen molar-refractivity contribution in [2.75, 3.05) is 13.2 Å². The lowest BCUT2D eigenvalue weighted by atomic mass is 9.91. The van der Waals surface area contributed by atoms with Crippen LogP contribution in [0, 0.1) is 0 Å². The van der Waals surface area contributed by atoms with Gasteiger partial charge >= 0.3 is 0 Å². The van der Waals surface area contributed by atoms with Gasteiger partial charge in [0.1, 0.15) is 0 Å². The number of ether oxygens (including phenoxy) is 4. The van der Waals surface area contributed by atoms with Gasteiger partial charge in [-0.2, -0.15) is 0 Å². The van der Waals surface area contributed by atoms with Crippen LogP contribution in [-0.4, -0.2) is 59.4 Å². The number of unbranched alkanes of at least 4 members (excludes halogenated alkanes) is 1. The molecule has 0 saturated carbocycles. The van der Waals surface area contributed by atoms with Crippen molar-refractivity contribution >= 4 is 0 Å². The van der Waals surface area contributed by atoms with Crippen LogP contribution in [0.1, 0.15) is 142 Å². The molecule has 4 aliphatic heterocycles. The SMILES string of the molecule is C=CCC[C@@H]1CCC[C@]2(CCC[C@@H](CCCC)O2)O1.OCCC[C@@H]1CCCC2(CCC[C@@H](CCCO)O2)O1. The topological polar surface area (TPSA) is 77.4 Å². The van der Waals surface area contributed by atoms with Crippen molar-refractivity contribution in [1.29, 1.82) is 0 Å². The molecule has 0 aliphatic carbocycles. The van der Waals surface area contributed by atoms with Crippen LogP contribution >= 0.6 is 0 Å². The molecule has 0 unspecified atom stereocenters. The van der Waals surface area contributed by atoms with Crippen molar-refractivity contribution in [2.45, 2.75) is 178 Å². The Bertz CT molecular complexity index is 611. The summed E-state index contributed by atoms with van der Waals surface area (Å²) >= 11 is 0. The molecule has 0 bridgehead atoms. The van der Waals surface area contributed by atoms with Gasteiger partial charge in [-0.15, -0.1) is 6.58 Å². The highest BCUT2D eigenvalue weighted by Gasteiger charge is 2.43. The molecule has 4 rings (SSSR count). The maximum Gasteiger partial charge on any atom is 0.169 e. The number of hydrogen-bond donors (Lipinski definition) is 2. The van der Waals surface area contributed by atoms with E-state index in [0.29, 0.717) is 12.2 Å². The van der Waals surface area contributed by atoms with Crippen LogP contribution in [0.15, 0.2) is 12.7 Å². The molecule has 4 heterocycles. The van der Waals surface area contributed by atoms with Gasteiger partial charge in [0, 0.05) is 38.9 Å². The average Bonchev–Trinajstić information content (AvgIpc) is 2.93. The van der Waals surface area contributed by atoms with Gasteiger partial charge < -0.3 is 29.2 Å². The number of hydrogen-bond acceptors (Lipinski definition) is 6. The first-order valence-electron chi connectivity index (χ1n) is 16.1. The van der Waals surface area contributed by atoms with E-state index in [1.807, 2.05) is 6.08 Å². The van der Waals surface area contributed by atoms with Crippen molar-refractivity contribution in [3.63, 3.8) is 0 Å². The van der Waals surface area contributed by atoms with Gasteiger partial charge in [0.2, 0.25) is 0 Å². The van der Waals surface area contributed by atoms with Crippen molar-refractivity contribution in [3.8, 4) is 0 Å². The number of aliphatic hydroxyl groups excluding tert-OH is 2. The third-order valence-corrected chi connectivity index (χ3v) is 8.80. The number of aliphatic hydroxyl groups is 2. The van der Waals surface area contributed by atoms with E-state index in [1.165, 1.54) is 44.9 Å². The van der Waals surface area contributed by atoms with Crippen molar-refractivity contribution in [2.24, 2.45) is 0 Å². The van der Waals surface area contributed by atoms with Crippen LogP contribution < -0.4 is 0 Å². The highest BCUT2D eigenvalue weighted by atomic mass is 16.7. The Hall–Kier alpha value is -0.500. The normalized spacial score (nSPS) is 33.0. The monoisotopic (exact) mass is 538 g/mol. The summed E-state index contributed by atoms with van der Waals surface area (Å²) in [6.07, 6.45) is 26.3. The fraction of sp³-hybridized carbons (Fsp3) is 0.938. The minimum Gasteiger partial charge on any atom is -0.396 e. The second kappa shape index (κ2) is 17.3. The van der Waals surface area contributed by atoms with Crippen molar-refractivity contribution < 1.29 is 29.2 Å². The third kappa shape index (κ3) is 10.5. The van der Waals surface area contributed by atoms with E-state index >= 15 is 0 Å². The highest BCUT2D eigenvalue weighted by Crippen LogP contribution is 2.42. The zero-order valence-electron chi connectivity index (χ0n) is 24.4. The Morgan fingerprint density at radius 3 is 1.34 bits per heavy atom. The lowest BCUT2D eigenvalue weighted by molar-refractivity contribution is -0.316. The first-order valence-corrected chi connectivity index (χ1v) is 16.1. The Morgan fingerprint density at radius 1 is 0.632 bits per heavy atom. The lowest BCUT2D eigenvalue weighted by Crippen LogP contribution is -2.48. The van der Waals surface area contributed by atoms with Crippen LogP contribution in [0.2, 0.25) is 0 Å². The summed E-state index contributed by atoms with van der Waals surface area (Å²) in [5, 5.41) is 17.9. The quantitative estimate of drug-likeness (QED) is 0.253. The first kappa shape index (κ1) is 32.0. The van der Waals surface area contributed by atoms with Crippen LogP contribution in [0.3, 0.4) is 0 Å². The van der Waals surface area contributed by atoms with Crippen LogP contribution in [0.4, 0.5) is 0 Å². The molecule has 6 nitrogen and oxygen atoms in total. The summed E-state index contributed by atoms with van der Waals surface area (Å²) in [6, 6.07) is 0. The van der Waals surface area contributed by atoms with E-state index in [0.717, 1.165) is 89.9 Å². The third-order valence-electron chi connectivity index (χ3n) is 8.80. The molecule has 38 heavy (non-hydrogen) atoms. The minimum atomic E-state index is -0.364. The molecule has 4 aliphatic rings. The smallest absolute Gasteiger partial charge is 0.169 e. The summed E-state index contributed by atoms with van der Waals surface area (Å²) in [6.45, 7) is 6.54. The van der Waals surface area contributed by atoms with Gasteiger partial charge in [0.25, 0.3) is 0 Å². The van der Waals surface area contributed by atoms with E-state index in [1.54, 1.807) is 0 Å². The minimum absolute atomic E-state index is 0.235. The van der Waals surface area contributed by atoms with Gasteiger partial charge in [-0.1, -0.05) is 25.8 Å². The largest absolute Gasteiger partial charge is 0.396 e. The molecule has 0 amide bonds. The summed E-state index contributed by atoms with van der Waals surface area (Å²) in [5.74, 6) is -0.600. The molecular formula is C32H58O6. The maximum atomic E-state index is 8.93. The van der Waals surface area contributed by atoms with Gasteiger partial charge in [-0.05, 0) is 96.3 Å². The fourth-order valence-electron chi connectivity index (χ4n) is 6.81. The fourth-order valence-corrected chi connectivity index (χ4v) is 6.81. The second-order valence-corrected chi connectivity index (χ2v) is 12.1. The Kier molecular flexibility index (Phi) is 14.6. The molecule has 5 atom stereocenters. The number of rotatable bonds is 12. The molecule has 6 heteroatoms. The van der Waals surface area contributed by atoms with Crippen LogP contribution in [0.5, 0.6) is 0 Å². The first-order chi connectivity index (χ1) is 18.6. The predicted octanol–water partition coefficient (Wildman–Crippen LogP) is 7.34. The van der Waals surface area contributed by atoms with Gasteiger partial charge in [-0.25, -0.2) is 0 Å². The average molecular weight is 539 g/mol. The Labute approximate surface area is 232 Å². The molecule has 0 aromatic carbocycles. The molecule has 0 radical (unpaired) electrons. The lowest BCUT2D eigenvalue weighted by Gasteiger charge is -2.46. The molecule has 2 N–H and O–H groups in total. The van der Waals surface area contributed by atoms with Crippen LogP contribution in [-0.2, 0) is 18.9 Å².